The van der Waals surface area contributed by atoms with Crippen LogP contribution in [0.2, 0.25) is 0 Å². The van der Waals surface area contributed by atoms with Gasteiger partial charge in [0.2, 0.25) is 0 Å². The van der Waals surface area contributed by atoms with E-state index in [9.17, 15) is 4.79 Å². The molecule has 1 N–H and O–H groups in total. The Morgan fingerprint density at radius 1 is 1.32 bits per heavy atom. The fourth-order valence-electron chi connectivity index (χ4n) is 1.50. The van der Waals surface area contributed by atoms with Gasteiger partial charge in [-0.15, -0.1) is 0 Å². The van der Waals surface area contributed by atoms with Gasteiger partial charge in [-0.05, 0) is 25.5 Å². The molecule has 0 aromatic heterocycles. The first-order valence-electron chi connectivity index (χ1n) is 6.24. The van der Waals surface area contributed by atoms with Crippen molar-refractivity contribution < 1.29 is 19.0 Å². The number of hydrogen-bond donors (Lipinski definition) is 1. The van der Waals surface area contributed by atoms with Crippen molar-refractivity contribution in [1.82, 2.24) is 5.32 Å². The van der Waals surface area contributed by atoms with Crippen molar-refractivity contribution in [2.24, 2.45) is 0 Å². The van der Waals surface area contributed by atoms with Crippen molar-refractivity contribution in [2.45, 2.75) is 19.4 Å². The van der Waals surface area contributed by atoms with E-state index in [1.54, 1.807) is 33.3 Å². The summed E-state index contributed by atoms with van der Waals surface area (Å²) in [4.78, 5) is 11.8. The van der Waals surface area contributed by atoms with Crippen LogP contribution >= 0.6 is 0 Å². The third-order valence-corrected chi connectivity index (χ3v) is 2.55. The van der Waals surface area contributed by atoms with E-state index in [0.29, 0.717) is 24.7 Å². The van der Waals surface area contributed by atoms with Gasteiger partial charge in [-0.3, -0.25) is 4.79 Å². The summed E-state index contributed by atoms with van der Waals surface area (Å²) in [5.41, 5.74) is 0. The number of methoxy groups -OCH3 is 2. The maximum absolute atomic E-state index is 11.8. The van der Waals surface area contributed by atoms with Gasteiger partial charge in [0.05, 0.1) is 7.11 Å². The summed E-state index contributed by atoms with van der Waals surface area (Å²) < 4.78 is 15.6. The van der Waals surface area contributed by atoms with Crippen molar-refractivity contribution >= 4 is 5.91 Å². The third kappa shape index (κ3) is 5.61. The molecule has 5 nitrogen and oxygen atoms in total. The van der Waals surface area contributed by atoms with E-state index in [4.69, 9.17) is 14.2 Å². The lowest BCUT2D eigenvalue weighted by atomic mass is 10.3. The molecular formula is C14H21NO4. The Bertz CT molecular complexity index is 395. The topological polar surface area (TPSA) is 56.8 Å². The highest BCUT2D eigenvalue weighted by Gasteiger charge is 2.14. The first-order valence-corrected chi connectivity index (χ1v) is 6.24. The van der Waals surface area contributed by atoms with Crippen molar-refractivity contribution in [3.8, 4) is 11.5 Å². The van der Waals surface area contributed by atoms with E-state index >= 15 is 0 Å². The second-order valence-corrected chi connectivity index (χ2v) is 4.08. The zero-order valence-electron chi connectivity index (χ0n) is 11.6. The van der Waals surface area contributed by atoms with Gasteiger partial charge in [0.25, 0.3) is 5.91 Å². The van der Waals surface area contributed by atoms with Crippen LogP contribution in [-0.4, -0.2) is 39.4 Å². The zero-order valence-corrected chi connectivity index (χ0v) is 11.6. The molecule has 0 aliphatic carbocycles. The molecule has 1 rings (SSSR count). The quantitative estimate of drug-likeness (QED) is 0.727. The molecule has 0 aliphatic heterocycles. The normalized spacial score (nSPS) is 11.7. The molecule has 1 amide bonds. The van der Waals surface area contributed by atoms with Crippen molar-refractivity contribution in [3.05, 3.63) is 24.3 Å². The monoisotopic (exact) mass is 267 g/mol. The van der Waals surface area contributed by atoms with E-state index in [2.05, 4.69) is 5.32 Å². The molecule has 0 fully saturated rings. The molecule has 0 aliphatic rings. The predicted molar refractivity (Wildman–Crippen MR) is 72.6 cm³/mol. The van der Waals surface area contributed by atoms with Gasteiger partial charge in [-0.1, -0.05) is 6.07 Å². The number of amides is 1. The van der Waals surface area contributed by atoms with Gasteiger partial charge in [0.15, 0.2) is 6.10 Å². The summed E-state index contributed by atoms with van der Waals surface area (Å²) in [5, 5.41) is 2.79. The molecule has 5 heteroatoms. The first kappa shape index (κ1) is 15.3. The van der Waals surface area contributed by atoms with E-state index < -0.39 is 6.10 Å². The van der Waals surface area contributed by atoms with Gasteiger partial charge < -0.3 is 19.5 Å². The van der Waals surface area contributed by atoms with E-state index in [0.717, 1.165) is 6.42 Å². The summed E-state index contributed by atoms with van der Waals surface area (Å²) in [6, 6.07) is 7.17. The molecule has 1 unspecified atom stereocenters. The smallest absolute Gasteiger partial charge is 0.260 e. The van der Waals surface area contributed by atoms with Crippen LogP contribution in [0.3, 0.4) is 0 Å². The van der Waals surface area contributed by atoms with Crippen LogP contribution < -0.4 is 14.8 Å². The molecule has 19 heavy (non-hydrogen) atoms. The van der Waals surface area contributed by atoms with Crippen LogP contribution in [0, 0.1) is 0 Å². The van der Waals surface area contributed by atoms with Gasteiger partial charge in [-0.2, -0.15) is 0 Å². The van der Waals surface area contributed by atoms with E-state index in [-0.39, 0.29) is 5.91 Å². The van der Waals surface area contributed by atoms with E-state index in [1.165, 1.54) is 0 Å². The maximum atomic E-state index is 11.8. The Morgan fingerprint density at radius 2 is 2.05 bits per heavy atom. The summed E-state index contributed by atoms with van der Waals surface area (Å²) in [6.45, 7) is 2.93. The Balaban J connectivity index is 2.40. The van der Waals surface area contributed by atoms with Crippen molar-refractivity contribution in [3.63, 3.8) is 0 Å². The lowest BCUT2D eigenvalue weighted by Gasteiger charge is -2.15. The molecule has 0 saturated carbocycles. The zero-order chi connectivity index (χ0) is 14.1. The van der Waals surface area contributed by atoms with Crippen molar-refractivity contribution in [1.29, 1.82) is 0 Å². The Hall–Kier alpha value is -1.75. The molecule has 1 atom stereocenters. The number of benzene rings is 1. The minimum Gasteiger partial charge on any atom is -0.497 e. The molecule has 1 aromatic carbocycles. The van der Waals surface area contributed by atoms with Crippen LogP contribution in [0.1, 0.15) is 13.3 Å². The van der Waals surface area contributed by atoms with Crippen LogP contribution in [0.15, 0.2) is 24.3 Å². The standard InChI is InChI=1S/C14H21NO4/c1-11(14(16)15-8-5-9-17-2)19-13-7-4-6-12(10-13)18-3/h4,6-7,10-11H,5,8-9H2,1-3H3,(H,15,16). The summed E-state index contributed by atoms with van der Waals surface area (Å²) in [7, 11) is 3.22. The lowest BCUT2D eigenvalue weighted by Crippen LogP contribution is -2.37. The minimum absolute atomic E-state index is 0.140. The van der Waals surface area contributed by atoms with Gasteiger partial charge in [0, 0.05) is 26.3 Å². The average molecular weight is 267 g/mol. The number of ether oxygens (including phenoxy) is 3. The molecule has 0 spiro atoms. The van der Waals surface area contributed by atoms with Gasteiger partial charge in [-0.25, -0.2) is 0 Å². The largest absolute Gasteiger partial charge is 0.497 e. The molecule has 0 saturated heterocycles. The molecule has 0 bridgehead atoms. The van der Waals surface area contributed by atoms with Crippen LogP contribution in [-0.2, 0) is 9.53 Å². The van der Waals surface area contributed by atoms with Gasteiger partial charge in [0.1, 0.15) is 11.5 Å². The fraction of sp³-hybridized carbons (Fsp3) is 0.500. The Labute approximate surface area is 113 Å². The van der Waals surface area contributed by atoms with Gasteiger partial charge >= 0.3 is 0 Å². The number of nitrogens with one attached hydrogen (secondary N) is 1. The fourth-order valence-corrected chi connectivity index (χ4v) is 1.50. The third-order valence-electron chi connectivity index (χ3n) is 2.55. The minimum atomic E-state index is -0.547. The number of carbonyl (C=O) groups excluding carboxylic acids is 1. The highest BCUT2D eigenvalue weighted by molar-refractivity contribution is 5.80. The number of carbonyl (C=O) groups is 1. The van der Waals surface area contributed by atoms with Crippen molar-refractivity contribution in [2.75, 3.05) is 27.4 Å². The Morgan fingerprint density at radius 3 is 2.74 bits per heavy atom. The van der Waals surface area contributed by atoms with Crippen LogP contribution in [0.25, 0.3) is 0 Å². The molecular weight excluding hydrogens is 246 g/mol. The highest BCUT2D eigenvalue weighted by atomic mass is 16.5. The molecule has 0 radical (unpaired) electrons. The summed E-state index contributed by atoms with van der Waals surface area (Å²) in [6.07, 6.45) is 0.239. The first-order chi connectivity index (χ1) is 9.17. The SMILES string of the molecule is COCCCNC(=O)C(C)Oc1cccc(OC)c1. The second-order valence-electron chi connectivity index (χ2n) is 4.08. The predicted octanol–water partition coefficient (Wildman–Crippen LogP) is 1.62. The molecule has 0 heterocycles. The number of hydrogen-bond acceptors (Lipinski definition) is 4. The number of rotatable bonds is 8. The average Bonchev–Trinajstić information content (AvgIpc) is 2.43. The maximum Gasteiger partial charge on any atom is 0.260 e. The van der Waals surface area contributed by atoms with Crippen LogP contribution in [0.4, 0.5) is 0 Å². The second kappa shape index (κ2) is 8.37. The van der Waals surface area contributed by atoms with E-state index in [1.807, 2.05) is 12.1 Å². The lowest BCUT2D eigenvalue weighted by molar-refractivity contribution is -0.127. The summed E-state index contributed by atoms with van der Waals surface area (Å²) >= 11 is 0. The Kier molecular flexibility index (Phi) is 6.74. The summed E-state index contributed by atoms with van der Waals surface area (Å²) in [5.74, 6) is 1.17. The molecule has 1 aromatic rings. The highest BCUT2D eigenvalue weighted by Crippen LogP contribution is 2.19. The van der Waals surface area contributed by atoms with Crippen LogP contribution in [0.5, 0.6) is 11.5 Å². The molecule has 106 valence electrons.